The summed E-state index contributed by atoms with van der Waals surface area (Å²) in [6, 6.07) is 11.2. The molecule has 1 aromatic carbocycles. The van der Waals surface area contributed by atoms with Crippen LogP contribution in [0, 0.1) is 0 Å². The number of nitrogens with zero attached hydrogens (tertiary/aromatic N) is 1. The molecule has 0 N–H and O–H groups in total. The maximum atomic E-state index is 13.4. The first kappa shape index (κ1) is 23.4. The van der Waals surface area contributed by atoms with Crippen molar-refractivity contribution >= 4 is 26.0 Å². The molecule has 5 nitrogen and oxygen atoms in total. The lowest BCUT2D eigenvalue weighted by Gasteiger charge is -2.52. The van der Waals surface area contributed by atoms with Crippen LogP contribution in [-0.4, -0.2) is 33.5 Å². The van der Waals surface area contributed by atoms with Crippen molar-refractivity contribution in [1.82, 2.24) is 0 Å². The molecule has 2 heterocycles. The Labute approximate surface area is 187 Å². The van der Waals surface area contributed by atoms with Crippen molar-refractivity contribution in [3.05, 3.63) is 54.5 Å². The number of hydrogen-bond acceptors (Lipinski definition) is 4. The van der Waals surface area contributed by atoms with Crippen LogP contribution in [0.15, 0.2) is 53.2 Å². The number of rotatable bonds is 9. The van der Waals surface area contributed by atoms with E-state index in [2.05, 4.69) is 41.5 Å². The highest BCUT2D eigenvalue weighted by molar-refractivity contribution is 6.77. The molecule has 1 amide bonds. The first-order valence-corrected chi connectivity index (χ1v) is 13.2. The van der Waals surface area contributed by atoms with Crippen molar-refractivity contribution in [3.63, 3.8) is 0 Å². The van der Waals surface area contributed by atoms with Gasteiger partial charge in [0.25, 0.3) is 5.91 Å². The summed E-state index contributed by atoms with van der Waals surface area (Å²) in [5.41, 5.74) is 2.06. The van der Waals surface area contributed by atoms with Gasteiger partial charge < -0.3 is 18.5 Å². The van der Waals surface area contributed by atoms with E-state index in [1.54, 1.807) is 13.4 Å². The minimum absolute atomic E-state index is 0.0121. The molecule has 0 unspecified atom stereocenters. The van der Waals surface area contributed by atoms with Gasteiger partial charge in [0.05, 0.1) is 19.4 Å². The fourth-order valence-electron chi connectivity index (χ4n) is 5.04. The molecule has 0 saturated carbocycles. The number of hydrogen-bond donors (Lipinski definition) is 0. The first-order chi connectivity index (χ1) is 14.7. The lowest BCUT2D eigenvalue weighted by molar-refractivity contribution is -0.134. The van der Waals surface area contributed by atoms with Gasteiger partial charge in [0.1, 0.15) is 17.6 Å². The van der Waals surface area contributed by atoms with Gasteiger partial charge >= 0.3 is 0 Å². The van der Waals surface area contributed by atoms with Crippen molar-refractivity contribution in [3.8, 4) is 5.75 Å². The zero-order valence-electron chi connectivity index (χ0n) is 19.7. The van der Waals surface area contributed by atoms with Gasteiger partial charge in [0, 0.05) is 5.69 Å². The standard InChI is InChI=1S/C25H35NO4Si/c1-17(2)31(18(3)4,19(5)6)30-24-23(15-14-22-9-8-16-29-22)26(25(24)27)20-10-12-21(28-7)13-11-20/h8-19,23-24H,1-7H3/b15-14+/t23-,24+/m0/s1. The van der Waals surface area contributed by atoms with Crippen LogP contribution < -0.4 is 9.64 Å². The van der Waals surface area contributed by atoms with Gasteiger partial charge in [0.2, 0.25) is 8.32 Å². The average molecular weight is 442 g/mol. The molecule has 1 fully saturated rings. The molecule has 2 aromatic rings. The largest absolute Gasteiger partial charge is 0.497 e. The van der Waals surface area contributed by atoms with Gasteiger partial charge in [-0.1, -0.05) is 47.6 Å². The van der Waals surface area contributed by atoms with Gasteiger partial charge in [-0.2, -0.15) is 0 Å². The van der Waals surface area contributed by atoms with Crippen molar-refractivity contribution in [2.75, 3.05) is 12.0 Å². The second-order valence-corrected chi connectivity index (χ2v) is 14.5. The third kappa shape index (κ3) is 4.37. The molecule has 31 heavy (non-hydrogen) atoms. The molecule has 1 aliphatic heterocycles. The number of ether oxygens (including phenoxy) is 1. The Morgan fingerprint density at radius 1 is 1.00 bits per heavy atom. The maximum Gasteiger partial charge on any atom is 0.258 e. The molecule has 0 aliphatic carbocycles. The van der Waals surface area contributed by atoms with Crippen molar-refractivity contribution < 1.29 is 18.4 Å². The summed E-state index contributed by atoms with van der Waals surface area (Å²) in [4.78, 5) is 15.2. The number of amides is 1. The van der Waals surface area contributed by atoms with Crippen LogP contribution in [0.2, 0.25) is 16.6 Å². The molecule has 1 saturated heterocycles. The number of anilines is 1. The predicted octanol–water partition coefficient (Wildman–Crippen LogP) is 6.28. The number of β-lactam (4-membered cyclic amide) rings is 1. The van der Waals surface area contributed by atoms with Gasteiger partial charge in [-0.15, -0.1) is 0 Å². The van der Waals surface area contributed by atoms with Crippen LogP contribution >= 0.6 is 0 Å². The van der Waals surface area contributed by atoms with Crippen molar-refractivity contribution in [1.29, 1.82) is 0 Å². The van der Waals surface area contributed by atoms with Gasteiger partial charge in [-0.25, -0.2) is 0 Å². The van der Waals surface area contributed by atoms with Gasteiger partial charge in [0.15, 0.2) is 0 Å². The monoisotopic (exact) mass is 441 g/mol. The van der Waals surface area contributed by atoms with Crippen LogP contribution in [-0.2, 0) is 9.22 Å². The van der Waals surface area contributed by atoms with Crippen molar-refractivity contribution in [2.45, 2.75) is 70.3 Å². The zero-order chi connectivity index (χ0) is 22.8. The van der Waals surface area contributed by atoms with Crippen LogP contribution in [0.1, 0.15) is 47.3 Å². The molecule has 6 heteroatoms. The smallest absolute Gasteiger partial charge is 0.258 e. The third-order valence-corrected chi connectivity index (χ3v) is 12.6. The molecule has 2 atom stereocenters. The van der Waals surface area contributed by atoms with Gasteiger partial charge in [-0.05, 0) is 59.1 Å². The van der Waals surface area contributed by atoms with Crippen LogP contribution in [0.4, 0.5) is 5.69 Å². The zero-order valence-corrected chi connectivity index (χ0v) is 20.7. The molecular formula is C25H35NO4Si. The van der Waals surface area contributed by atoms with Crippen LogP contribution in [0.3, 0.4) is 0 Å². The summed E-state index contributed by atoms with van der Waals surface area (Å²) in [5, 5.41) is 0. The Kier molecular flexibility index (Phi) is 7.12. The Hall–Kier alpha value is -2.31. The molecule has 1 aliphatic rings. The van der Waals surface area contributed by atoms with Crippen LogP contribution in [0.5, 0.6) is 5.75 Å². The van der Waals surface area contributed by atoms with Crippen molar-refractivity contribution in [2.24, 2.45) is 0 Å². The summed E-state index contributed by atoms with van der Waals surface area (Å²) >= 11 is 0. The summed E-state index contributed by atoms with van der Waals surface area (Å²) in [6.45, 7) is 13.4. The molecule has 1 aromatic heterocycles. The summed E-state index contributed by atoms with van der Waals surface area (Å²) in [5.74, 6) is 1.53. The molecule has 0 bridgehead atoms. The van der Waals surface area contributed by atoms with E-state index in [1.165, 1.54) is 0 Å². The minimum Gasteiger partial charge on any atom is -0.497 e. The molecule has 0 radical (unpaired) electrons. The Balaban J connectivity index is 1.95. The van der Waals surface area contributed by atoms with E-state index in [0.717, 1.165) is 17.2 Å². The second-order valence-electron chi connectivity index (χ2n) is 9.13. The number of furan rings is 1. The predicted molar refractivity (Wildman–Crippen MR) is 128 cm³/mol. The average Bonchev–Trinajstić information content (AvgIpc) is 3.24. The maximum absolute atomic E-state index is 13.4. The Bertz CT molecular complexity index is 865. The summed E-state index contributed by atoms with van der Waals surface area (Å²) in [6.07, 6.45) is 5.12. The van der Waals surface area contributed by atoms with E-state index in [9.17, 15) is 4.79 Å². The number of methoxy groups -OCH3 is 1. The minimum atomic E-state index is -2.21. The molecular weight excluding hydrogens is 406 g/mol. The number of benzene rings is 1. The second kappa shape index (κ2) is 9.45. The van der Waals surface area contributed by atoms with E-state index in [4.69, 9.17) is 13.6 Å². The number of carbonyl (C=O) groups is 1. The van der Waals surface area contributed by atoms with Gasteiger partial charge in [-0.3, -0.25) is 4.79 Å². The van der Waals surface area contributed by atoms with E-state index in [1.807, 2.05) is 53.5 Å². The first-order valence-electron chi connectivity index (χ1n) is 11.1. The highest BCUT2D eigenvalue weighted by Crippen LogP contribution is 2.45. The van der Waals surface area contributed by atoms with E-state index < -0.39 is 14.4 Å². The summed E-state index contributed by atoms with van der Waals surface area (Å²) < 4.78 is 17.6. The normalized spacial score (nSPS) is 19.7. The quantitative estimate of drug-likeness (QED) is 0.339. The van der Waals surface area contributed by atoms with E-state index in [0.29, 0.717) is 16.6 Å². The summed E-state index contributed by atoms with van der Waals surface area (Å²) in [7, 11) is -0.574. The lowest BCUT2D eigenvalue weighted by Crippen LogP contribution is -2.69. The fourth-order valence-corrected chi connectivity index (χ4v) is 10.5. The topological polar surface area (TPSA) is 51.9 Å². The molecule has 168 valence electrons. The highest BCUT2D eigenvalue weighted by atomic mass is 28.4. The van der Waals surface area contributed by atoms with Crippen LogP contribution in [0.25, 0.3) is 6.08 Å². The molecule has 0 spiro atoms. The number of carbonyl (C=O) groups excluding carboxylic acids is 1. The molecule has 3 rings (SSSR count). The Morgan fingerprint density at radius 3 is 2.10 bits per heavy atom. The third-order valence-electron chi connectivity index (χ3n) is 6.48. The lowest BCUT2D eigenvalue weighted by atomic mass is 9.96. The Morgan fingerprint density at radius 2 is 1.61 bits per heavy atom. The SMILES string of the molecule is COc1ccc(N2C(=O)[C@H](O[Si](C(C)C)(C(C)C)C(C)C)[C@@H]2/C=C/c2ccco2)cc1. The highest BCUT2D eigenvalue weighted by Gasteiger charge is 2.55. The van der Waals surface area contributed by atoms with E-state index in [-0.39, 0.29) is 11.9 Å². The van der Waals surface area contributed by atoms with E-state index >= 15 is 0 Å². The fraction of sp³-hybridized carbons (Fsp3) is 0.480.